The number of hydrogen-bond acceptors (Lipinski definition) is 7. The van der Waals surface area contributed by atoms with E-state index in [0.29, 0.717) is 41.5 Å². The highest BCUT2D eigenvalue weighted by molar-refractivity contribution is 5.87. The second-order valence-corrected chi connectivity index (χ2v) is 9.08. The normalized spacial score (nSPS) is 18.7. The molecular formula is C25H27F3N6O2. The maximum atomic E-state index is 14.2. The number of alkyl halides is 3. The van der Waals surface area contributed by atoms with Crippen molar-refractivity contribution in [2.75, 3.05) is 26.8 Å². The van der Waals surface area contributed by atoms with Gasteiger partial charge in [-0.2, -0.15) is 13.2 Å². The molecule has 0 aliphatic carbocycles. The lowest BCUT2D eigenvalue weighted by atomic mass is 10.1. The molecule has 190 valence electrons. The molecule has 0 radical (unpaired) electrons. The summed E-state index contributed by atoms with van der Waals surface area (Å²) in [7, 11) is 1.61. The molecule has 4 aromatic rings. The molecule has 0 spiro atoms. The first-order valence-electron chi connectivity index (χ1n) is 11.7. The van der Waals surface area contributed by atoms with Crippen LogP contribution in [0.1, 0.15) is 24.9 Å². The van der Waals surface area contributed by atoms with Crippen LogP contribution in [-0.2, 0) is 4.74 Å². The second-order valence-electron chi connectivity index (χ2n) is 9.08. The molecule has 3 atom stereocenters. The fourth-order valence-corrected chi connectivity index (χ4v) is 4.55. The zero-order chi connectivity index (χ0) is 25.4. The van der Waals surface area contributed by atoms with Crippen LogP contribution in [0.15, 0.2) is 48.7 Å². The van der Waals surface area contributed by atoms with Crippen molar-refractivity contribution in [3.63, 3.8) is 0 Å². The first kappa shape index (κ1) is 24.4. The van der Waals surface area contributed by atoms with Crippen LogP contribution in [0.25, 0.3) is 28.1 Å². The quantitative estimate of drug-likeness (QED) is 0.410. The van der Waals surface area contributed by atoms with Crippen LogP contribution >= 0.6 is 0 Å². The SMILES string of the molecule is CO[C@H](C)COc1cc(-c2nnc3ccc([C@@H](N4CC[C@H](N)C4)C(F)(F)F)cn23)nc2ccccc12. The molecular weight excluding hydrogens is 473 g/mol. The van der Waals surface area contributed by atoms with Gasteiger partial charge in [0.15, 0.2) is 11.5 Å². The molecule has 8 nitrogen and oxygen atoms in total. The number of ether oxygens (including phenoxy) is 2. The Morgan fingerprint density at radius 3 is 2.69 bits per heavy atom. The van der Waals surface area contributed by atoms with Crippen molar-refractivity contribution >= 4 is 16.6 Å². The highest BCUT2D eigenvalue weighted by atomic mass is 19.4. The molecule has 1 saturated heterocycles. The zero-order valence-electron chi connectivity index (χ0n) is 19.9. The summed E-state index contributed by atoms with van der Waals surface area (Å²) in [6.45, 7) is 2.68. The van der Waals surface area contributed by atoms with E-state index >= 15 is 0 Å². The molecule has 1 fully saturated rings. The Morgan fingerprint density at radius 2 is 1.97 bits per heavy atom. The molecule has 11 heteroatoms. The third-order valence-electron chi connectivity index (χ3n) is 6.46. The van der Waals surface area contributed by atoms with Crippen molar-refractivity contribution in [1.82, 2.24) is 24.5 Å². The van der Waals surface area contributed by atoms with Gasteiger partial charge in [0.25, 0.3) is 0 Å². The van der Waals surface area contributed by atoms with Crippen LogP contribution in [0.4, 0.5) is 13.2 Å². The van der Waals surface area contributed by atoms with Crippen molar-refractivity contribution in [2.24, 2.45) is 5.73 Å². The molecule has 0 amide bonds. The van der Waals surface area contributed by atoms with Crippen LogP contribution < -0.4 is 10.5 Å². The average molecular weight is 501 g/mol. The van der Waals surface area contributed by atoms with Gasteiger partial charge >= 0.3 is 6.18 Å². The van der Waals surface area contributed by atoms with Gasteiger partial charge in [-0.3, -0.25) is 9.30 Å². The van der Waals surface area contributed by atoms with E-state index in [-0.39, 0.29) is 30.8 Å². The predicted molar refractivity (Wildman–Crippen MR) is 129 cm³/mol. The number of methoxy groups -OCH3 is 1. The summed E-state index contributed by atoms with van der Waals surface area (Å²) in [5.74, 6) is 0.896. The van der Waals surface area contributed by atoms with Crippen molar-refractivity contribution in [2.45, 2.75) is 37.7 Å². The van der Waals surface area contributed by atoms with E-state index in [1.807, 2.05) is 31.2 Å². The summed E-state index contributed by atoms with van der Waals surface area (Å²) in [5.41, 5.74) is 7.52. The van der Waals surface area contributed by atoms with Gasteiger partial charge in [0.1, 0.15) is 24.1 Å². The lowest BCUT2D eigenvalue weighted by molar-refractivity contribution is -0.183. The van der Waals surface area contributed by atoms with E-state index in [9.17, 15) is 13.2 Å². The van der Waals surface area contributed by atoms with Crippen LogP contribution in [0.5, 0.6) is 5.75 Å². The summed E-state index contributed by atoms with van der Waals surface area (Å²) in [4.78, 5) is 6.08. The molecule has 0 bridgehead atoms. The van der Waals surface area contributed by atoms with Gasteiger partial charge in [-0.25, -0.2) is 4.98 Å². The minimum atomic E-state index is -4.47. The largest absolute Gasteiger partial charge is 0.490 e. The monoisotopic (exact) mass is 500 g/mol. The Balaban J connectivity index is 1.59. The van der Waals surface area contributed by atoms with Gasteiger partial charge < -0.3 is 15.2 Å². The van der Waals surface area contributed by atoms with E-state index in [0.717, 1.165) is 5.39 Å². The first-order chi connectivity index (χ1) is 17.2. The lowest BCUT2D eigenvalue weighted by Crippen LogP contribution is -2.38. The molecule has 1 aliphatic rings. The van der Waals surface area contributed by atoms with Crippen LogP contribution in [-0.4, -0.2) is 69.6 Å². The predicted octanol–water partition coefficient (Wildman–Crippen LogP) is 3.99. The second kappa shape index (κ2) is 9.64. The summed E-state index contributed by atoms with van der Waals surface area (Å²) < 4.78 is 55.4. The molecule has 2 N–H and O–H groups in total. The molecule has 4 heterocycles. The summed E-state index contributed by atoms with van der Waals surface area (Å²) in [6, 6.07) is 10.2. The van der Waals surface area contributed by atoms with Gasteiger partial charge in [-0.1, -0.05) is 18.2 Å². The number of benzene rings is 1. The van der Waals surface area contributed by atoms with Gasteiger partial charge in [0, 0.05) is 43.9 Å². The third kappa shape index (κ3) is 4.73. The topological polar surface area (TPSA) is 90.8 Å². The van der Waals surface area contributed by atoms with E-state index in [4.69, 9.17) is 20.2 Å². The number of para-hydroxylation sites is 1. The van der Waals surface area contributed by atoms with Crippen LogP contribution in [0, 0.1) is 0 Å². The van der Waals surface area contributed by atoms with Crippen molar-refractivity contribution in [3.05, 3.63) is 54.2 Å². The zero-order valence-corrected chi connectivity index (χ0v) is 19.9. The smallest absolute Gasteiger partial charge is 0.408 e. The molecule has 36 heavy (non-hydrogen) atoms. The fourth-order valence-electron chi connectivity index (χ4n) is 4.55. The van der Waals surface area contributed by atoms with Crippen molar-refractivity contribution in [1.29, 1.82) is 0 Å². The first-order valence-corrected chi connectivity index (χ1v) is 11.7. The van der Waals surface area contributed by atoms with Crippen LogP contribution in [0.3, 0.4) is 0 Å². The molecule has 1 aliphatic heterocycles. The average Bonchev–Trinajstić information content (AvgIpc) is 3.47. The third-order valence-corrected chi connectivity index (χ3v) is 6.46. The van der Waals surface area contributed by atoms with Gasteiger partial charge in [-0.15, -0.1) is 10.2 Å². The van der Waals surface area contributed by atoms with Gasteiger partial charge in [0.05, 0.1) is 11.6 Å². The number of rotatable bonds is 7. The maximum absolute atomic E-state index is 14.2. The van der Waals surface area contributed by atoms with Crippen molar-refractivity contribution in [3.8, 4) is 17.3 Å². The Bertz CT molecular complexity index is 1380. The number of likely N-dealkylation sites (tertiary alicyclic amines) is 1. The number of fused-ring (bicyclic) bond motifs is 2. The number of aromatic nitrogens is 4. The Hall–Kier alpha value is -3.28. The summed E-state index contributed by atoms with van der Waals surface area (Å²) >= 11 is 0. The number of pyridine rings is 2. The molecule has 3 aromatic heterocycles. The minimum absolute atomic E-state index is 0.0938. The number of nitrogens with two attached hydrogens (primary N) is 1. The number of nitrogens with zero attached hydrogens (tertiary/aromatic N) is 5. The fraction of sp³-hybridized carbons (Fsp3) is 0.400. The van der Waals surface area contributed by atoms with Crippen LogP contribution in [0.2, 0.25) is 0 Å². The Morgan fingerprint density at radius 1 is 1.17 bits per heavy atom. The summed E-state index contributed by atoms with van der Waals surface area (Å²) in [6.07, 6.45) is -2.63. The molecule has 1 aromatic carbocycles. The number of hydrogen-bond donors (Lipinski definition) is 1. The van der Waals surface area contributed by atoms with E-state index in [2.05, 4.69) is 10.2 Å². The highest BCUT2D eigenvalue weighted by Gasteiger charge is 2.46. The van der Waals surface area contributed by atoms with Gasteiger partial charge in [-0.05, 0) is 37.1 Å². The lowest BCUT2D eigenvalue weighted by Gasteiger charge is -2.30. The van der Waals surface area contributed by atoms with Crippen molar-refractivity contribution < 1.29 is 22.6 Å². The van der Waals surface area contributed by atoms with E-state index in [1.54, 1.807) is 23.6 Å². The van der Waals surface area contributed by atoms with E-state index in [1.165, 1.54) is 17.2 Å². The van der Waals surface area contributed by atoms with E-state index < -0.39 is 12.2 Å². The summed E-state index contributed by atoms with van der Waals surface area (Å²) in [5, 5.41) is 9.22. The molecule has 0 saturated carbocycles. The highest BCUT2D eigenvalue weighted by Crippen LogP contribution is 2.39. The standard InChI is InChI=1S/C25H27F3N6O2/c1-15(35-2)14-36-21-11-20(30-19-6-4-3-5-18(19)21)24-32-31-22-8-7-16(12-34(22)24)23(25(26,27)28)33-10-9-17(29)13-33/h3-8,11-12,15,17,23H,9-10,13-14,29H2,1-2H3/t15-,17+,23-/m1/s1. The minimum Gasteiger partial charge on any atom is -0.490 e. The van der Waals surface area contributed by atoms with Gasteiger partial charge in [0.2, 0.25) is 0 Å². The number of halogens is 3. The maximum Gasteiger partial charge on any atom is 0.408 e. The molecule has 5 rings (SSSR count). The Labute approximate surface area is 205 Å². The molecule has 0 unspecified atom stereocenters. The Kier molecular flexibility index (Phi) is 6.54.